The van der Waals surface area contributed by atoms with E-state index in [1.165, 1.54) is 36.9 Å². The Morgan fingerprint density at radius 1 is 1.11 bits per heavy atom. The molecule has 1 aliphatic carbocycles. The zero-order valence-corrected chi connectivity index (χ0v) is 12.0. The Hall–Kier alpha value is -1.22. The molecule has 0 atom stereocenters. The molecule has 0 unspecified atom stereocenters. The first-order valence-electron chi connectivity index (χ1n) is 7.42. The van der Waals surface area contributed by atoms with Crippen molar-refractivity contribution in [3.05, 3.63) is 23.8 Å². The lowest BCUT2D eigenvalue weighted by molar-refractivity contribution is 0.397. The summed E-state index contributed by atoms with van der Waals surface area (Å²) in [4.78, 5) is 2.47. The highest BCUT2D eigenvalue weighted by atomic mass is 16.5. The first-order valence-corrected chi connectivity index (χ1v) is 7.42. The van der Waals surface area contributed by atoms with Gasteiger partial charge >= 0.3 is 0 Å². The molecule has 2 aliphatic rings. The van der Waals surface area contributed by atoms with Gasteiger partial charge in [0.15, 0.2) is 0 Å². The van der Waals surface area contributed by atoms with Crippen LogP contribution in [0.3, 0.4) is 0 Å². The van der Waals surface area contributed by atoms with Crippen LogP contribution < -0.4 is 15.0 Å². The maximum absolute atomic E-state index is 5.50. The van der Waals surface area contributed by atoms with E-state index in [-0.39, 0.29) is 0 Å². The average molecular weight is 260 g/mol. The molecule has 1 aliphatic heterocycles. The van der Waals surface area contributed by atoms with Crippen LogP contribution in [0.15, 0.2) is 18.2 Å². The Balaban J connectivity index is 1.65. The Labute approximate surface area is 115 Å². The van der Waals surface area contributed by atoms with Gasteiger partial charge < -0.3 is 15.0 Å². The SMILES string of the molecule is COc1ccc(C)cc1N1CCC(NC2CC2)CC1. The lowest BCUT2D eigenvalue weighted by atomic mass is 10.0. The highest BCUT2D eigenvalue weighted by molar-refractivity contribution is 5.60. The molecule has 0 aromatic heterocycles. The van der Waals surface area contributed by atoms with Crippen molar-refractivity contribution >= 4 is 5.69 Å². The number of nitrogens with one attached hydrogen (secondary N) is 1. The number of ether oxygens (including phenoxy) is 1. The summed E-state index contributed by atoms with van der Waals surface area (Å²) in [7, 11) is 1.76. The molecule has 1 aromatic carbocycles. The Morgan fingerprint density at radius 2 is 1.79 bits per heavy atom. The summed E-state index contributed by atoms with van der Waals surface area (Å²) in [6.45, 7) is 4.40. The van der Waals surface area contributed by atoms with Crippen molar-refractivity contribution in [3.8, 4) is 5.75 Å². The maximum atomic E-state index is 5.50. The highest BCUT2D eigenvalue weighted by Gasteiger charge is 2.27. The van der Waals surface area contributed by atoms with Crippen molar-refractivity contribution in [2.45, 2.75) is 44.7 Å². The molecular weight excluding hydrogens is 236 g/mol. The first-order chi connectivity index (χ1) is 9.26. The molecule has 0 amide bonds. The van der Waals surface area contributed by atoms with Gasteiger partial charge in [0.25, 0.3) is 0 Å². The van der Waals surface area contributed by atoms with Gasteiger partial charge in [-0.1, -0.05) is 6.07 Å². The lowest BCUT2D eigenvalue weighted by Crippen LogP contribution is -2.43. The second-order valence-corrected chi connectivity index (χ2v) is 5.88. The molecule has 3 rings (SSSR count). The smallest absolute Gasteiger partial charge is 0.142 e. The van der Waals surface area contributed by atoms with Crippen LogP contribution in [0.4, 0.5) is 5.69 Å². The van der Waals surface area contributed by atoms with Gasteiger partial charge in [0.05, 0.1) is 12.8 Å². The van der Waals surface area contributed by atoms with Crippen LogP contribution in [0.2, 0.25) is 0 Å². The van der Waals surface area contributed by atoms with Gasteiger partial charge in [0.2, 0.25) is 0 Å². The van der Waals surface area contributed by atoms with Crippen LogP contribution in [0.25, 0.3) is 0 Å². The summed E-state index contributed by atoms with van der Waals surface area (Å²) < 4.78 is 5.50. The summed E-state index contributed by atoms with van der Waals surface area (Å²) >= 11 is 0. The third-order valence-electron chi connectivity index (χ3n) is 4.22. The van der Waals surface area contributed by atoms with Crippen molar-refractivity contribution in [2.75, 3.05) is 25.1 Å². The van der Waals surface area contributed by atoms with Crippen LogP contribution >= 0.6 is 0 Å². The Bertz CT molecular complexity index is 434. The van der Waals surface area contributed by atoms with Gasteiger partial charge in [0.1, 0.15) is 5.75 Å². The highest BCUT2D eigenvalue weighted by Crippen LogP contribution is 2.31. The molecule has 0 spiro atoms. The number of benzene rings is 1. The second-order valence-electron chi connectivity index (χ2n) is 5.88. The number of hydrogen-bond acceptors (Lipinski definition) is 3. The quantitative estimate of drug-likeness (QED) is 0.901. The van der Waals surface area contributed by atoms with E-state index in [0.29, 0.717) is 0 Å². The maximum Gasteiger partial charge on any atom is 0.142 e. The van der Waals surface area contributed by atoms with E-state index < -0.39 is 0 Å². The summed E-state index contributed by atoms with van der Waals surface area (Å²) in [5.41, 5.74) is 2.56. The number of rotatable bonds is 4. The number of nitrogens with zero attached hydrogens (tertiary/aromatic N) is 1. The zero-order valence-electron chi connectivity index (χ0n) is 12.0. The van der Waals surface area contributed by atoms with E-state index in [1.54, 1.807) is 7.11 Å². The molecule has 1 heterocycles. The molecule has 1 N–H and O–H groups in total. The van der Waals surface area contributed by atoms with Gasteiger partial charge in [-0.25, -0.2) is 0 Å². The molecule has 104 valence electrons. The van der Waals surface area contributed by atoms with Gasteiger partial charge in [-0.15, -0.1) is 0 Å². The summed E-state index contributed by atoms with van der Waals surface area (Å²) in [5.74, 6) is 0.999. The van der Waals surface area contributed by atoms with Gasteiger partial charge in [-0.2, -0.15) is 0 Å². The molecular formula is C16H24N2O. The molecule has 0 radical (unpaired) electrons. The van der Waals surface area contributed by atoms with Crippen LogP contribution in [-0.4, -0.2) is 32.3 Å². The van der Waals surface area contributed by atoms with E-state index >= 15 is 0 Å². The molecule has 1 aromatic rings. The molecule has 0 bridgehead atoms. The minimum Gasteiger partial charge on any atom is -0.495 e. The largest absolute Gasteiger partial charge is 0.495 e. The molecule has 1 saturated heterocycles. The van der Waals surface area contributed by atoms with E-state index in [0.717, 1.165) is 30.9 Å². The fourth-order valence-electron chi connectivity index (χ4n) is 2.92. The minimum atomic E-state index is 0.722. The number of piperidine rings is 1. The van der Waals surface area contributed by atoms with Crippen molar-refractivity contribution in [3.63, 3.8) is 0 Å². The number of hydrogen-bond donors (Lipinski definition) is 1. The number of methoxy groups -OCH3 is 1. The monoisotopic (exact) mass is 260 g/mol. The Kier molecular flexibility index (Phi) is 3.65. The van der Waals surface area contributed by atoms with Crippen molar-refractivity contribution in [1.82, 2.24) is 5.32 Å². The van der Waals surface area contributed by atoms with Gasteiger partial charge in [-0.3, -0.25) is 0 Å². The standard InChI is InChI=1S/C16H24N2O/c1-12-3-6-16(19-2)15(11-12)18-9-7-14(8-10-18)17-13-4-5-13/h3,6,11,13-14,17H,4-5,7-10H2,1-2H3. The molecule has 3 nitrogen and oxygen atoms in total. The third kappa shape index (κ3) is 3.03. The summed E-state index contributed by atoms with van der Waals surface area (Å²) in [5, 5.41) is 3.75. The third-order valence-corrected chi connectivity index (χ3v) is 4.22. The predicted octanol–water partition coefficient (Wildman–Crippen LogP) is 2.72. The van der Waals surface area contributed by atoms with Crippen molar-refractivity contribution in [2.24, 2.45) is 0 Å². The fraction of sp³-hybridized carbons (Fsp3) is 0.625. The minimum absolute atomic E-state index is 0.722. The molecule has 3 heteroatoms. The zero-order chi connectivity index (χ0) is 13.2. The van der Waals surface area contributed by atoms with Crippen molar-refractivity contribution < 1.29 is 4.74 Å². The van der Waals surface area contributed by atoms with Crippen LogP contribution in [-0.2, 0) is 0 Å². The fourth-order valence-corrected chi connectivity index (χ4v) is 2.92. The van der Waals surface area contributed by atoms with E-state index in [4.69, 9.17) is 4.74 Å². The van der Waals surface area contributed by atoms with Crippen LogP contribution in [0.1, 0.15) is 31.2 Å². The van der Waals surface area contributed by atoms with Gasteiger partial charge in [-0.05, 0) is 50.3 Å². The normalized spacial score (nSPS) is 20.6. The van der Waals surface area contributed by atoms with Crippen LogP contribution in [0.5, 0.6) is 5.75 Å². The summed E-state index contributed by atoms with van der Waals surface area (Å²) in [6.07, 6.45) is 5.25. The van der Waals surface area contributed by atoms with E-state index in [9.17, 15) is 0 Å². The van der Waals surface area contributed by atoms with Crippen molar-refractivity contribution in [1.29, 1.82) is 0 Å². The van der Waals surface area contributed by atoms with E-state index in [2.05, 4.69) is 35.3 Å². The number of aryl methyl sites for hydroxylation is 1. The second kappa shape index (κ2) is 5.41. The average Bonchev–Trinajstić information content (AvgIpc) is 3.23. The number of anilines is 1. The molecule has 2 fully saturated rings. The van der Waals surface area contributed by atoms with E-state index in [1.807, 2.05) is 0 Å². The predicted molar refractivity (Wildman–Crippen MR) is 79.1 cm³/mol. The molecule has 19 heavy (non-hydrogen) atoms. The topological polar surface area (TPSA) is 24.5 Å². The Morgan fingerprint density at radius 3 is 2.42 bits per heavy atom. The lowest BCUT2D eigenvalue weighted by Gasteiger charge is -2.35. The van der Waals surface area contributed by atoms with Gasteiger partial charge in [0, 0.05) is 25.2 Å². The summed E-state index contributed by atoms with van der Waals surface area (Å²) in [6, 6.07) is 7.99. The first kappa shape index (κ1) is 12.8. The molecule has 1 saturated carbocycles. The van der Waals surface area contributed by atoms with Crippen LogP contribution in [0, 0.1) is 6.92 Å².